The van der Waals surface area contributed by atoms with Crippen molar-refractivity contribution >= 4 is 11.6 Å². The molecular formula is C13H17N5O. The molecule has 2 aromatic rings. The van der Waals surface area contributed by atoms with Gasteiger partial charge in [0.1, 0.15) is 6.33 Å². The van der Waals surface area contributed by atoms with E-state index in [1.165, 1.54) is 6.33 Å². The molecule has 100 valence electrons. The summed E-state index contributed by atoms with van der Waals surface area (Å²) in [6, 6.07) is 3.95. The number of nitrogens with zero attached hydrogens (tertiary/aromatic N) is 4. The van der Waals surface area contributed by atoms with Crippen LogP contribution in [0.5, 0.6) is 5.75 Å². The molecule has 2 aromatic heterocycles. The van der Waals surface area contributed by atoms with Crippen LogP contribution in [0.1, 0.15) is 5.56 Å². The number of ether oxygens (including phenoxy) is 1. The van der Waals surface area contributed by atoms with Crippen molar-refractivity contribution in [1.82, 2.24) is 15.0 Å². The zero-order valence-corrected chi connectivity index (χ0v) is 11.3. The average Bonchev–Trinajstić information content (AvgIpc) is 2.47. The van der Waals surface area contributed by atoms with Gasteiger partial charge in [-0.05, 0) is 17.7 Å². The van der Waals surface area contributed by atoms with Crippen LogP contribution in [0.15, 0.2) is 30.9 Å². The van der Waals surface area contributed by atoms with E-state index in [1.54, 1.807) is 26.6 Å². The summed E-state index contributed by atoms with van der Waals surface area (Å²) in [5, 5.41) is 2.99. The van der Waals surface area contributed by atoms with E-state index in [9.17, 15) is 0 Å². The van der Waals surface area contributed by atoms with Crippen molar-refractivity contribution in [3.63, 3.8) is 0 Å². The predicted octanol–water partition coefficient (Wildman–Crippen LogP) is 1.56. The molecule has 0 amide bonds. The highest BCUT2D eigenvalue weighted by Gasteiger charge is 2.14. The summed E-state index contributed by atoms with van der Waals surface area (Å²) < 4.78 is 5.38. The Hall–Kier alpha value is -2.37. The zero-order valence-electron chi connectivity index (χ0n) is 11.3. The third-order valence-corrected chi connectivity index (χ3v) is 2.76. The van der Waals surface area contributed by atoms with Gasteiger partial charge >= 0.3 is 0 Å². The molecule has 0 aromatic carbocycles. The molecule has 0 unspecified atom stereocenters. The van der Waals surface area contributed by atoms with Gasteiger partial charge in [-0.15, -0.1) is 0 Å². The molecule has 0 aliphatic rings. The first-order valence-corrected chi connectivity index (χ1v) is 5.93. The third-order valence-electron chi connectivity index (χ3n) is 2.76. The summed E-state index contributed by atoms with van der Waals surface area (Å²) in [7, 11) is 5.38. The molecule has 0 atom stereocenters. The van der Waals surface area contributed by atoms with Crippen molar-refractivity contribution in [3.05, 3.63) is 36.4 Å². The molecule has 0 fully saturated rings. The van der Waals surface area contributed by atoms with Crippen LogP contribution < -0.4 is 15.0 Å². The molecule has 2 heterocycles. The van der Waals surface area contributed by atoms with Gasteiger partial charge in [-0.1, -0.05) is 0 Å². The highest BCUT2D eigenvalue weighted by atomic mass is 16.5. The number of pyridine rings is 1. The summed E-state index contributed by atoms with van der Waals surface area (Å²) >= 11 is 0. The molecule has 6 nitrogen and oxygen atoms in total. The average molecular weight is 259 g/mol. The van der Waals surface area contributed by atoms with Crippen molar-refractivity contribution < 1.29 is 4.74 Å². The Bertz CT molecular complexity index is 532. The lowest BCUT2D eigenvalue weighted by molar-refractivity contribution is 0.413. The Morgan fingerprint density at radius 1 is 1.26 bits per heavy atom. The van der Waals surface area contributed by atoms with Crippen molar-refractivity contribution in [3.8, 4) is 5.75 Å². The number of hydrogen-bond acceptors (Lipinski definition) is 6. The quantitative estimate of drug-likeness (QED) is 0.879. The molecule has 6 heteroatoms. The van der Waals surface area contributed by atoms with E-state index in [2.05, 4.69) is 20.3 Å². The molecule has 0 spiro atoms. The Kier molecular flexibility index (Phi) is 4.12. The van der Waals surface area contributed by atoms with Crippen LogP contribution in [0.25, 0.3) is 0 Å². The zero-order chi connectivity index (χ0) is 13.7. The summed E-state index contributed by atoms with van der Waals surface area (Å²) in [6.45, 7) is 0.721. The smallest absolute Gasteiger partial charge is 0.204 e. The second-order valence-corrected chi connectivity index (χ2v) is 4.04. The SMILES string of the molecule is CNc1ncnc(N(C)Cc2ccncc2)c1OC. The maximum absolute atomic E-state index is 5.38. The highest BCUT2D eigenvalue weighted by molar-refractivity contribution is 5.64. The van der Waals surface area contributed by atoms with Crippen LogP contribution in [0.2, 0.25) is 0 Å². The number of hydrogen-bond donors (Lipinski definition) is 1. The lowest BCUT2D eigenvalue weighted by atomic mass is 10.2. The van der Waals surface area contributed by atoms with Crippen LogP contribution in [-0.4, -0.2) is 36.2 Å². The van der Waals surface area contributed by atoms with Gasteiger partial charge < -0.3 is 15.0 Å². The number of rotatable bonds is 5. The molecule has 2 rings (SSSR count). The molecule has 19 heavy (non-hydrogen) atoms. The summed E-state index contributed by atoms with van der Waals surface area (Å²) in [5.74, 6) is 2.06. The predicted molar refractivity (Wildman–Crippen MR) is 74.5 cm³/mol. The fourth-order valence-electron chi connectivity index (χ4n) is 1.84. The van der Waals surface area contributed by atoms with Gasteiger partial charge in [0.15, 0.2) is 11.6 Å². The third kappa shape index (κ3) is 2.90. The second kappa shape index (κ2) is 5.99. The van der Waals surface area contributed by atoms with Gasteiger partial charge in [-0.3, -0.25) is 4.98 Å². The van der Waals surface area contributed by atoms with Gasteiger partial charge in [-0.2, -0.15) is 0 Å². The Labute approximate surface area is 112 Å². The minimum absolute atomic E-state index is 0.640. The minimum atomic E-state index is 0.640. The van der Waals surface area contributed by atoms with Crippen LogP contribution >= 0.6 is 0 Å². The summed E-state index contributed by atoms with van der Waals surface area (Å²) in [6.07, 6.45) is 5.07. The topological polar surface area (TPSA) is 63.2 Å². The van der Waals surface area contributed by atoms with Gasteiger partial charge in [0.25, 0.3) is 0 Å². The van der Waals surface area contributed by atoms with Crippen molar-refractivity contribution in [2.45, 2.75) is 6.54 Å². The van der Waals surface area contributed by atoms with Crippen LogP contribution in [0, 0.1) is 0 Å². The molecule has 0 aliphatic carbocycles. The van der Waals surface area contributed by atoms with E-state index in [0.29, 0.717) is 11.6 Å². The maximum atomic E-state index is 5.38. The molecule has 0 radical (unpaired) electrons. The van der Waals surface area contributed by atoms with E-state index in [1.807, 2.05) is 24.1 Å². The van der Waals surface area contributed by atoms with Gasteiger partial charge in [0.05, 0.1) is 7.11 Å². The minimum Gasteiger partial charge on any atom is -0.490 e. The Morgan fingerprint density at radius 3 is 2.63 bits per heavy atom. The molecule has 1 N–H and O–H groups in total. The van der Waals surface area contributed by atoms with Gasteiger partial charge in [-0.25, -0.2) is 9.97 Å². The normalized spacial score (nSPS) is 10.1. The monoisotopic (exact) mass is 259 g/mol. The fourth-order valence-corrected chi connectivity index (χ4v) is 1.84. The summed E-state index contributed by atoms with van der Waals surface area (Å²) in [5.41, 5.74) is 1.16. The van der Waals surface area contributed by atoms with Crippen LogP contribution in [-0.2, 0) is 6.54 Å². The standard InChI is InChI=1S/C13H17N5O/c1-14-12-11(19-3)13(17-9-16-12)18(2)8-10-4-6-15-7-5-10/h4-7,9H,8H2,1-3H3,(H,14,16,17). The molecule has 0 aliphatic heterocycles. The first kappa shape index (κ1) is 13.1. The first-order valence-electron chi connectivity index (χ1n) is 5.93. The van der Waals surface area contributed by atoms with Crippen molar-refractivity contribution in [2.75, 3.05) is 31.4 Å². The van der Waals surface area contributed by atoms with E-state index in [0.717, 1.165) is 17.9 Å². The number of aromatic nitrogens is 3. The molecule has 0 bridgehead atoms. The number of nitrogens with one attached hydrogen (secondary N) is 1. The first-order chi connectivity index (χ1) is 9.26. The van der Waals surface area contributed by atoms with E-state index in [-0.39, 0.29) is 0 Å². The second-order valence-electron chi connectivity index (χ2n) is 4.04. The van der Waals surface area contributed by atoms with Gasteiger partial charge in [0, 0.05) is 33.0 Å². The molecular weight excluding hydrogens is 242 g/mol. The Balaban J connectivity index is 2.26. The van der Waals surface area contributed by atoms with Gasteiger partial charge in [0.2, 0.25) is 5.75 Å². The van der Waals surface area contributed by atoms with Crippen molar-refractivity contribution in [1.29, 1.82) is 0 Å². The largest absolute Gasteiger partial charge is 0.490 e. The molecule has 0 saturated heterocycles. The molecule has 0 saturated carbocycles. The lowest BCUT2D eigenvalue weighted by Gasteiger charge is -2.21. The van der Waals surface area contributed by atoms with Crippen LogP contribution in [0.4, 0.5) is 11.6 Å². The Morgan fingerprint density at radius 2 is 2.00 bits per heavy atom. The van der Waals surface area contributed by atoms with E-state index in [4.69, 9.17) is 4.74 Å². The highest BCUT2D eigenvalue weighted by Crippen LogP contribution is 2.31. The number of methoxy groups -OCH3 is 1. The summed E-state index contributed by atoms with van der Waals surface area (Å²) in [4.78, 5) is 14.4. The fraction of sp³-hybridized carbons (Fsp3) is 0.308. The maximum Gasteiger partial charge on any atom is 0.204 e. The van der Waals surface area contributed by atoms with E-state index >= 15 is 0 Å². The van der Waals surface area contributed by atoms with Crippen molar-refractivity contribution in [2.24, 2.45) is 0 Å². The van der Waals surface area contributed by atoms with Crippen LogP contribution in [0.3, 0.4) is 0 Å². The lowest BCUT2D eigenvalue weighted by Crippen LogP contribution is -2.19. The number of anilines is 2. The van der Waals surface area contributed by atoms with E-state index < -0.39 is 0 Å².